The highest BCUT2D eigenvalue weighted by molar-refractivity contribution is 5.91. The Balaban J connectivity index is 2.03. The molecule has 0 radical (unpaired) electrons. The molecule has 0 aliphatic rings. The SMILES string of the molecule is CC(C)N(CCNc1nccc2ccccc12)C(C)C. The summed E-state index contributed by atoms with van der Waals surface area (Å²) in [6, 6.07) is 11.5. The summed E-state index contributed by atoms with van der Waals surface area (Å²) >= 11 is 0. The van der Waals surface area contributed by atoms with E-state index in [1.807, 2.05) is 6.20 Å². The van der Waals surface area contributed by atoms with E-state index in [-0.39, 0.29) is 0 Å². The third kappa shape index (κ3) is 3.48. The fourth-order valence-electron chi connectivity index (χ4n) is 2.68. The molecule has 0 saturated heterocycles. The first-order valence-electron chi connectivity index (χ1n) is 7.43. The van der Waals surface area contributed by atoms with E-state index < -0.39 is 0 Å². The topological polar surface area (TPSA) is 28.2 Å². The number of rotatable bonds is 6. The van der Waals surface area contributed by atoms with Gasteiger partial charge in [0.2, 0.25) is 0 Å². The van der Waals surface area contributed by atoms with Crippen LogP contribution in [-0.2, 0) is 0 Å². The van der Waals surface area contributed by atoms with Gasteiger partial charge in [0.15, 0.2) is 0 Å². The summed E-state index contributed by atoms with van der Waals surface area (Å²) in [5.74, 6) is 0.982. The number of aromatic nitrogens is 1. The molecule has 1 aromatic carbocycles. The first kappa shape index (κ1) is 14.8. The summed E-state index contributed by atoms with van der Waals surface area (Å²) in [4.78, 5) is 6.95. The Morgan fingerprint density at radius 3 is 2.45 bits per heavy atom. The van der Waals surface area contributed by atoms with Crippen LogP contribution in [0.3, 0.4) is 0 Å². The number of nitrogens with zero attached hydrogens (tertiary/aromatic N) is 2. The zero-order valence-electron chi connectivity index (χ0n) is 12.9. The maximum Gasteiger partial charge on any atom is 0.133 e. The third-order valence-corrected chi connectivity index (χ3v) is 3.66. The minimum atomic E-state index is 0.567. The molecule has 1 aromatic heterocycles. The summed E-state index contributed by atoms with van der Waals surface area (Å²) in [6.07, 6.45) is 1.87. The summed E-state index contributed by atoms with van der Waals surface area (Å²) in [7, 11) is 0. The molecule has 0 spiro atoms. The quantitative estimate of drug-likeness (QED) is 0.867. The number of pyridine rings is 1. The van der Waals surface area contributed by atoms with Gasteiger partial charge in [0.05, 0.1) is 0 Å². The van der Waals surface area contributed by atoms with E-state index in [1.165, 1.54) is 10.8 Å². The first-order valence-corrected chi connectivity index (χ1v) is 7.43. The molecule has 0 atom stereocenters. The Bertz CT molecular complexity index is 535. The van der Waals surface area contributed by atoms with Gasteiger partial charge in [-0.2, -0.15) is 0 Å². The minimum Gasteiger partial charge on any atom is -0.368 e. The lowest BCUT2D eigenvalue weighted by atomic mass is 10.1. The minimum absolute atomic E-state index is 0.567. The highest BCUT2D eigenvalue weighted by atomic mass is 15.2. The number of benzene rings is 1. The van der Waals surface area contributed by atoms with Crippen LogP contribution in [0.15, 0.2) is 36.5 Å². The van der Waals surface area contributed by atoms with Crippen LogP contribution in [0, 0.1) is 0 Å². The van der Waals surface area contributed by atoms with E-state index in [1.54, 1.807) is 0 Å². The largest absolute Gasteiger partial charge is 0.368 e. The second-order valence-corrected chi connectivity index (χ2v) is 5.73. The normalized spacial score (nSPS) is 11.8. The van der Waals surface area contributed by atoms with Crippen molar-refractivity contribution in [1.29, 1.82) is 0 Å². The summed E-state index contributed by atoms with van der Waals surface area (Å²) in [6.45, 7) is 10.9. The molecular formula is C17H25N3. The molecule has 0 bridgehead atoms. The van der Waals surface area contributed by atoms with Gasteiger partial charge < -0.3 is 5.32 Å². The number of fused-ring (bicyclic) bond motifs is 1. The maximum atomic E-state index is 4.46. The van der Waals surface area contributed by atoms with Gasteiger partial charge in [0, 0.05) is 36.8 Å². The zero-order valence-corrected chi connectivity index (χ0v) is 12.9. The standard InChI is InChI=1S/C17H25N3/c1-13(2)20(14(3)4)12-11-19-17-16-8-6-5-7-15(16)9-10-18-17/h5-10,13-14H,11-12H2,1-4H3,(H,18,19). The Morgan fingerprint density at radius 1 is 1.05 bits per heavy atom. The van der Waals surface area contributed by atoms with E-state index >= 15 is 0 Å². The van der Waals surface area contributed by atoms with Gasteiger partial charge in [-0.25, -0.2) is 4.98 Å². The summed E-state index contributed by atoms with van der Waals surface area (Å²) in [5, 5.41) is 5.90. The van der Waals surface area contributed by atoms with Gasteiger partial charge in [-0.15, -0.1) is 0 Å². The first-order chi connectivity index (χ1) is 9.59. The van der Waals surface area contributed by atoms with Crippen LogP contribution >= 0.6 is 0 Å². The van der Waals surface area contributed by atoms with Crippen LogP contribution in [0.5, 0.6) is 0 Å². The molecule has 1 heterocycles. The van der Waals surface area contributed by atoms with Gasteiger partial charge in [0.25, 0.3) is 0 Å². The van der Waals surface area contributed by atoms with Crippen molar-refractivity contribution in [2.45, 2.75) is 39.8 Å². The highest BCUT2D eigenvalue weighted by Crippen LogP contribution is 2.20. The number of hydrogen-bond donors (Lipinski definition) is 1. The van der Waals surface area contributed by atoms with Gasteiger partial charge in [-0.3, -0.25) is 4.90 Å². The number of anilines is 1. The van der Waals surface area contributed by atoms with Gasteiger partial charge in [-0.05, 0) is 39.1 Å². The number of nitrogens with one attached hydrogen (secondary N) is 1. The lowest BCUT2D eigenvalue weighted by Crippen LogP contribution is -2.40. The zero-order chi connectivity index (χ0) is 14.5. The lowest BCUT2D eigenvalue weighted by molar-refractivity contribution is 0.182. The van der Waals surface area contributed by atoms with E-state index in [4.69, 9.17) is 0 Å². The van der Waals surface area contributed by atoms with Crippen LogP contribution < -0.4 is 5.32 Å². The average Bonchev–Trinajstić information content (AvgIpc) is 2.42. The molecule has 0 amide bonds. The molecule has 3 nitrogen and oxygen atoms in total. The van der Waals surface area contributed by atoms with Gasteiger partial charge in [-0.1, -0.05) is 24.3 Å². The molecule has 2 rings (SSSR count). The molecule has 20 heavy (non-hydrogen) atoms. The fraction of sp³-hybridized carbons (Fsp3) is 0.471. The predicted molar refractivity (Wildman–Crippen MR) is 87.2 cm³/mol. The third-order valence-electron chi connectivity index (χ3n) is 3.66. The fourth-order valence-corrected chi connectivity index (χ4v) is 2.68. The Labute approximate surface area is 122 Å². The van der Waals surface area contributed by atoms with E-state index in [2.05, 4.69) is 73.2 Å². The molecule has 2 aromatic rings. The Hall–Kier alpha value is -1.61. The molecule has 0 unspecified atom stereocenters. The molecule has 1 N–H and O–H groups in total. The van der Waals surface area contributed by atoms with Crippen LogP contribution in [0.4, 0.5) is 5.82 Å². The van der Waals surface area contributed by atoms with Crippen molar-refractivity contribution in [2.24, 2.45) is 0 Å². The van der Waals surface area contributed by atoms with Gasteiger partial charge >= 0.3 is 0 Å². The molecule has 0 aliphatic heterocycles. The predicted octanol–water partition coefficient (Wildman–Crippen LogP) is 3.77. The van der Waals surface area contributed by atoms with Crippen LogP contribution in [0.25, 0.3) is 10.8 Å². The van der Waals surface area contributed by atoms with Crippen LogP contribution in [-0.4, -0.2) is 35.1 Å². The number of hydrogen-bond acceptors (Lipinski definition) is 3. The van der Waals surface area contributed by atoms with Crippen molar-refractivity contribution in [2.75, 3.05) is 18.4 Å². The summed E-state index contributed by atoms with van der Waals surface area (Å²) in [5.41, 5.74) is 0. The molecular weight excluding hydrogens is 246 g/mol. The molecule has 0 saturated carbocycles. The van der Waals surface area contributed by atoms with Crippen molar-refractivity contribution >= 4 is 16.6 Å². The van der Waals surface area contributed by atoms with E-state index in [9.17, 15) is 0 Å². The second kappa shape index (κ2) is 6.71. The van der Waals surface area contributed by atoms with E-state index in [0.29, 0.717) is 12.1 Å². The average molecular weight is 271 g/mol. The smallest absolute Gasteiger partial charge is 0.133 e. The van der Waals surface area contributed by atoms with Crippen molar-refractivity contribution in [3.05, 3.63) is 36.5 Å². The van der Waals surface area contributed by atoms with Crippen molar-refractivity contribution in [1.82, 2.24) is 9.88 Å². The Morgan fingerprint density at radius 2 is 1.75 bits per heavy atom. The van der Waals surface area contributed by atoms with Crippen molar-refractivity contribution in [3.8, 4) is 0 Å². The van der Waals surface area contributed by atoms with Crippen molar-refractivity contribution < 1.29 is 0 Å². The molecule has 0 aliphatic carbocycles. The van der Waals surface area contributed by atoms with Crippen LogP contribution in [0.2, 0.25) is 0 Å². The molecule has 3 heteroatoms. The lowest BCUT2D eigenvalue weighted by Gasteiger charge is -2.30. The second-order valence-electron chi connectivity index (χ2n) is 5.73. The van der Waals surface area contributed by atoms with Crippen molar-refractivity contribution in [3.63, 3.8) is 0 Å². The molecule has 0 fully saturated rings. The highest BCUT2D eigenvalue weighted by Gasteiger charge is 2.12. The summed E-state index contributed by atoms with van der Waals surface area (Å²) < 4.78 is 0. The monoisotopic (exact) mass is 271 g/mol. The Kier molecular flexibility index (Phi) is 4.96. The van der Waals surface area contributed by atoms with Crippen LogP contribution in [0.1, 0.15) is 27.7 Å². The maximum absolute atomic E-state index is 4.46. The van der Waals surface area contributed by atoms with Gasteiger partial charge in [0.1, 0.15) is 5.82 Å². The van der Waals surface area contributed by atoms with E-state index in [0.717, 1.165) is 18.9 Å². The molecule has 108 valence electrons.